The van der Waals surface area contributed by atoms with Gasteiger partial charge in [-0.05, 0) is 27.1 Å². The molecule has 0 amide bonds. The van der Waals surface area contributed by atoms with Gasteiger partial charge in [0, 0.05) is 17.7 Å². The molecule has 0 saturated heterocycles. The van der Waals surface area contributed by atoms with Crippen molar-refractivity contribution in [2.45, 2.75) is 21.7 Å². The summed E-state index contributed by atoms with van der Waals surface area (Å²) in [7, 11) is 0. The predicted molar refractivity (Wildman–Crippen MR) is 102 cm³/mol. The Morgan fingerprint density at radius 2 is 1.35 bits per heavy atom. The summed E-state index contributed by atoms with van der Waals surface area (Å²) >= 11 is 6.93. The van der Waals surface area contributed by atoms with E-state index in [-0.39, 0.29) is 0 Å². The predicted octanol–water partition coefficient (Wildman–Crippen LogP) is 5.82. The van der Waals surface area contributed by atoms with Crippen LogP contribution in [-0.4, -0.2) is 9.97 Å². The van der Waals surface area contributed by atoms with Crippen LogP contribution in [0.5, 0.6) is 0 Å². The molecule has 1 aromatic heterocycles. The summed E-state index contributed by atoms with van der Waals surface area (Å²) in [6, 6.07) is 20.8. The number of hydrogen-bond acceptors (Lipinski definition) is 4. The average Bonchev–Trinajstić information content (AvgIpc) is 2.62. The van der Waals surface area contributed by atoms with Crippen LogP contribution in [-0.2, 0) is 11.5 Å². The Hall–Kier alpha value is -1.30. The van der Waals surface area contributed by atoms with Crippen LogP contribution in [0, 0.1) is 0 Å². The molecule has 0 spiro atoms. The number of halogens is 1. The molecule has 0 aliphatic heterocycles. The lowest BCUT2D eigenvalue weighted by molar-refractivity contribution is 0.878. The van der Waals surface area contributed by atoms with Crippen molar-refractivity contribution in [3.8, 4) is 0 Å². The van der Waals surface area contributed by atoms with E-state index in [2.05, 4.69) is 74.4 Å². The van der Waals surface area contributed by atoms with Gasteiger partial charge in [-0.2, -0.15) is 0 Å². The summed E-state index contributed by atoms with van der Waals surface area (Å²) in [5.41, 5.74) is 2.57. The van der Waals surface area contributed by atoms with Crippen LogP contribution >= 0.6 is 39.5 Å². The fourth-order valence-corrected chi connectivity index (χ4v) is 4.16. The largest absolute Gasteiger partial charge is 0.230 e. The molecule has 2 aromatic carbocycles. The molecule has 0 N–H and O–H groups in total. The van der Waals surface area contributed by atoms with Gasteiger partial charge in [0.2, 0.25) is 0 Å². The standard InChI is InChI=1S/C18H15BrN2S2/c19-16-11-20-18(23-13-15-9-5-2-6-10-15)21-17(16)22-12-14-7-3-1-4-8-14/h1-11H,12-13H2. The highest BCUT2D eigenvalue weighted by atomic mass is 79.9. The molecular formula is C18H15BrN2S2. The smallest absolute Gasteiger partial charge is 0.188 e. The second-order valence-corrected chi connectivity index (χ2v) is 7.62. The van der Waals surface area contributed by atoms with Crippen LogP contribution in [0.4, 0.5) is 0 Å². The molecule has 1 heterocycles. The van der Waals surface area contributed by atoms with E-state index in [1.54, 1.807) is 23.5 Å². The molecule has 2 nitrogen and oxygen atoms in total. The molecule has 0 saturated carbocycles. The highest BCUT2D eigenvalue weighted by molar-refractivity contribution is 9.10. The number of nitrogens with zero attached hydrogens (tertiary/aromatic N) is 2. The monoisotopic (exact) mass is 402 g/mol. The quantitative estimate of drug-likeness (QED) is 0.294. The van der Waals surface area contributed by atoms with Crippen molar-refractivity contribution in [1.82, 2.24) is 9.97 Å². The van der Waals surface area contributed by atoms with E-state index in [4.69, 9.17) is 0 Å². The van der Waals surface area contributed by atoms with Crippen molar-refractivity contribution in [2.24, 2.45) is 0 Å². The minimum atomic E-state index is 0.813. The number of benzene rings is 2. The first-order chi connectivity index (χ1) is 11.3. The van der Waals surface area contributed by atoms with Crippen molar-refractivity contribution in [3.63, 3.8) is 0 Å². The summed E-state index contributed by atoms with van der Waals surface area (Å²) in [6.07, 6.45) is 1.84. The van der Waals surface area contributed by atoms with Crippen molar-refractivity contribution in [3.05, 3.63) is 82.5 Å². The molecule has 23 heavy (non-hydrogen) atoms. The molecule has 5 heteroatoms. The number of aromatic nitrogens is 2. The fraction of sp³-hybridized carbons (Fsp3) is 0.111. The number of thioether (sulfide) groups is 2. The normalized spacial score (nSPS) is 10.7. The lowest BCUT2D eigenvalue weighted by Gasteiger charge is -2.06. The van der Waals surface area contributed by atoms with Crippen LogP contribution in [0.15, 0.2) is 81.5 Å². The molecule has 0 aliphatic carbocycles. The Balaban J connectivity index is 1.64. The maximum Gasteiger partial charge on any atom is 0.188 e. The molecular weight excluding hydrogens is 388 g/mol. The van der Waals surface area contributed by atoms with Gasteiger partial charge in [0.25, 0.3) is 0 Å². The van der Waals surface area contributed by atoms with Gasteiger partial charge in [0.15, 0.2) is 5.16 Å². The Morgan fingerprint density at radius 1 is 0.783 bits per heavy atom. The second-order valence-electron chi connectivity index (χ2n) is 4.85. The maximum atomic E-state index is 4.67. The van der Waals surface area contributed by atoms with Gasteiger partial charge in [0.05, 0.1) is 4.47 Å². The van der Waals surface area contributed by atoms with Crippen LogP contribution in [0.2, 0.25) is 0 Å². The number of rotatable bonds is 6. The first-order valence-electron chi connectivity index (χ1n) is 7.17. The molecule has 3 rings (SSSR count). The zero-order chi connectivity index (χ0) is 15.9. The van der Waals surface area contributed by atoms with E-state index in [0.29, 0.717) is 0 Å². The molecule has 3 aromatic rings. The molecule has 0 unspecified atom stereocenters. The Bertz CT molecular complexity index is 751. The van der Waals surface area contributed by atoms with Gasteiger partial charge in [-0.25, -0.2) is 9.97 Å². The van der Waals surface area contributed by atoms with E-state index >= 15 is 0 Å². The molecule has 116 valence electrons. The second kappa shape index (κ2) is 8.52. The van der Waals surface area contributed by atoms with Crippen LogP contribution < -0.4 is 0 Å². The van der Waals surface area contributed by atoms with Gasteiger partial charge in [-0.3, -0.25) is 0 Å². The Labute approximate surface area is 153 Å². The first-order valence-corrected chi connectivity index (χ1v) is 9.93. The van der Waals surface area contributed by atoms with Crippen LogP contribution in [0.3, 0.4) is 0 Å². The van der Waals surface area contributed by atoms with Crippen molar-refractivity contribution in [1.29, 1.82) is 0 Å². The summed E-state index contributed by atoms with van der Waals surface area (Å²) in [5, 5.41) is 1.80. The third-order valence-electron chi connectivity index (χ3n) is 3.12. The summed E-state index contributed by atoms with van der Waals surface area (Å²) in [4.78, 5) is 9.07. The average molecular weight is 403 g/mol. The summed E-state index contributed by atoms with van der Waals surface area (Å²) in [5.74, 6) is 1.78. The Kier molecular flexibility index (Phi) is 6.13. The SMILES string of the molecule is Brc1cnc(SCc2ccccc2)nc1SCc1ccccc1. The van der Waals surface area contributed by atoms with Crippen molar-refractivity contribution in [2.75, 3.05) is 0 Å². The van der Waals surface area contributed by atoms with Crippen LogP contribution in [0.25, 0.3) is 0 Å². The van der Waals surface area contributed by atoms with Gasteiger partial charge < -0.3 is 0 Å². The minimum absolute atomic E-state index is 0.813. The van der Waals surface area contributed by atoms with Gasteiger partial charge in [0.1, 0.15) is 5.03 Å². The zero-order valence-corrected chi connectivity index (χ0v) is 15.6. The number of hydrogen-bond donors (Lipinski definition) is 0. The summed E-state index contributed by atoms with van der Waals surface area (Å²) < 4.78 is 0.947. The van der Waals surface area contributed by atoms with Gasteiger partial charge >= 0.3 is 0 Å². The van der Waals surface area contributed by atoms with E-state index in [1.165, 1.54) is 11.1 Å². The maximum absolute atomic E-state index is 4.67. The highest BCUT2D eigenvalue weighted by Crippen LogP contribution is 2.30. The van der Waals surface area contributed by atoms with E-state index < -0.39 is 0 Å². The molecule has 0 aliphatic rings. The van der Waals surface area contributed by atoms with Crippen molar-refractivity contribution < 1.29 is 0 Å². The van der Waals surface area contributed by atoms with Crippen molar-refractivity contribution >= 4 is 39.5 Å². The summed E-state index contributed by atoms with van der Waals surface area (Å²) in [6.45, 7) is 0. The first kappa shape index (κ1) is 16.6. The highest BCUT2D eigenvalue weighted by Gasteiger charge is 2.07. The molecule has 0 radical (unpaired) electrons. The van der Waals surface area contributed by atoms with E-state index in [1.807, 2.05) is 18.3 Å². The van der Waals surface area contributed by atoms with Gasteiger partial charge in [-0.1, -0.05) is 72.4 Å². The van der Waals surface area contributed by atoms with E-state index in [9.17, 15) is 0 Å². The van der Waals surface area contributed by atoms with E-state index in [0.717, 1.165) is 26.2 Å². The zero-order valence-electron chi connectivity index (χ0n) is 12.4. The lowest BCUT2D eigenvalue weighted by Crippen LogP contribution is -1.92. The third-order valence-corrected chi connectivity index (χ3v) is 5.96. The topological polar surface area (TPSA) is 25.8 Å². The molecule has 0 bridgehead atoms. The van der Waals surface area contributed by atoms with Crippen LogP contribution in [0.1, 0.15) is 11.1 Å². The molecule has 0 atom stereocenters. The minimum Gasteiger partial charge on any atom is -0.230 e. The fourth-order valence-electron chi connectivity index (χ4n) is 1.96. The molecule has 0 fully saturated rings. The third kappa shape index (κ3) is 5.09. The lowest BCUT2D eigenvalue weighted by atomic mass is 10.2. The van der Waals surface area contributed by atoms with Gasteiger partial charge in [-0.15, -0.1) is 11.8 Å². The Morgan fingerprint density at radius 3 is 1.96 bits per heavy atom.